The number of allylic oxidation sites excluding steroid dienone is 1. The number of carboxylic acid groups (broad SMARTS) is 1. The van der Waals surface area contributed by atoms with Crippen molar-refractivity contribution >= 4 is 11.7 Å². The first-order valence-corrected chi connectivity index (χ1v) is 11.7. The molecule has 1 N–H and O–H groups in total. The molecule has 0 unspecified atom stereocenters. The van der Waals surface area contributed by atoms with Gasteiger partial charge in [0.25, 0.3) is 0 Å². The zero-order valence-corrected chi connectivity index (χ0v) is 20.3. The third-order valence-corrected chi connectivity index (χ3v) is 6.46. The van der Waals surface area contributed by atoms with Gasteiger partial charge in [0, 0.05) is 19.6 Å². The topological polar surface area (TPSA) is 68.2 Å². The fraction of sp³-hybridized carbons (Fsp3) is 0.423. The van der Waals surface area contributed by atoms with Crippen LogP contribution in [0.3, 0.4) is 0 Å². The minimum atomic E-state index is -4.90. The molecule has 1 fully saturated rings. The van der Waals surface area contributed by atoms with E-state index in [0.29, 0.717) is 25.4 Å². The summed E-state index contributed by atoms with van der Waals surface area (Å²) in [6, 6.07) is 8.27. The fourth-order valence-corrected chi connectivity index (χ4v) is 4.57. The highest BCUT2D eigenvalue weighted by molar-refractivity contribution is 5.72. The van der Waals surface area contributed by atoms with Crippen LogP contribution < -0.4 is 9.47 Å². The molecule has 38 heavy (non-hydrogen) atoms. The standard InChI is InChI=1S/C26H25F6NO5/c1-15-18(10-33-11-20(12-33)38-24(34)35)4-3-17-9-19(5-6-21(15)17)36-13-16-2-7-23(37-14-25(27,28)29)22(8-16)26(30,31)32/h2,5-9,20H,3-4,10-14H2,1H3,(H,34,35). The van der Waals surface area contributed by atoms with Crippen molar-refractivity contribution in [3.8, 4) is 11.5 Å². The largest absolute Gasteiger partial charge is 0.506 e. The number of aryl methyl sites for hydroxylation is 1. The van der Waals surface area contributed by atoms with Gasteiger partial charge in [-0.25, -0.2) is 4.79 Å². The Bertz CT molecular complexity index is 1220. The van der Waals surface area contributed by atoms with E-state index in [1.165, 1.54) is 11.6 Å². The molecule has 1 saturated heterocycles. The molecule has 0 saturated carbocycles. The molecule has 2 aromatic rings. The Labute approximate surface area is 214 Å². The maximum Gasteiger partial charge on any atom is 0.506 e. The van der Waals surface area contributed by atoms with Gasteiger partial charge in [0.1, 0.15) is 24.2 Å². The first-order valence-electron chi connectivity index (χ1n) is 11.7. The second-order valence-corrected chi connectivity index (χ2v) is 9.27. The lowest BCUT2D eigenvalue weighted by Gasteiger charge is -2.39. The van der Waals surface area contributed by atoms with Crippen molar-refractivity contribution in [3.05, 3.63) is 64.2 Å². The van der Waals surface area contributed by atoms with E-state index in [1.807, 2.05) is 19.1 Å². The van der Waals surface area contributed by atoms with Gasteiger partial charge in [0.15, 0.2) is 6.61 Å². The smallest absolute Gasteiger partial charge is 0.489 e. The lowest BCUT2D eigenvalue weighted by atomic mass is 9.85. The van der Waals surface area contributed by atoms with Gasteiger partial charge in [-0.15, -0.1) is 0 Å². The normalized spacial score (nSPS) is 16.6. The maximum absolute atomic E-state index is 13.4. The van der Waals surface area contributed by atoms with Crippen molar-refractivity contribution in [3.63, 3.8) is 0 Å². The van der Waals surface area contributed by atoms with E-state index in [1.54, 1.807) is 6.07 Å². The molecule has 1 aliphatic heterocycles. The Morgan fingerprint density at radius 2 is 1.76 bits per heavy atom. The lowest BCUT2D eigenvalue weighted by molar-refractivity contribution is -0.158. The molecule has 1 heterocycles. The molecule has 0 radical (unpaired) electrons. The zero-order valence-electron chi connectivity index (χ0n) is 20.3. The van der Waals surface area contributed by atoms with E-state index in [-0.39, 0.29) is 18.3 Å². The maximum atomic E-state index is 13.4. The van der Waals surface area contributed by atoms with E-state index >= 15 is 0 Å². The number of rotatable bonds is 8. The lowest BCUT2D eigenvalue weighted by Crippen LogP contribution is -2.53. The number of nitrogens with zero attached hydrogens (tertiary/aromatic N) is 1. The van der Waals surface area contributed by atoms with Crippen molar-refractivity contribution in [2.45, 2.75) is 44.8 Å². The number of hydrogen-bond donors (Lipinski definition) is 1. The van der Waals surface area contributed by atoms with Gasteiger partial charge < -0.3 is 19.3 Å². The molecule has 0 aromatic heterocycles. The van der Waals surface area contributed by atoms with Crippen molar-refractivity contribution in [1.82, 2.24) is 4.90 Å². The highest BCUT2D eigenvalue weighted by atomic mass is 19.4. The number of alkyl halides is 6. The summed E-state index contributed by atoms with van der Waals surface area (Å²) in [4.78, 5) is 12.7. The molecule has 0 amide bonds. The van der Waals surface area contributed by atoms with Crippen molar-refractivity contribution in [2.24, 2.45) is 0 Å². The van der Waals surface area contributed by atoms with Crippen LogP contribution in [0.5, 0.6) is 11.5 Å². The third kappa shape index (κ3) is 6.91. The molecule has 6 nitrogen and oxygen atoms in total. The third-order valence-electron chi connectivity index (χ3n) is 6.46. The second-order valence-electron chi connectivity index (χ2n) is 9.27. The first-order chi connectivity index (χ1) is 17.8. The van der Waals surface area contributed by atoms with Crippen molar-refractivity contribution in [1.29, 1.82) is 0 Å². The number of halogens is 6. The summed E-state index contributed by atoms with van der Waals surface area (Å²) in [5.74, 6) is -0.434. The van der Waals surface area contributed by atoms with Crippen LogP contribution in [-0.2, 0) is 23.9 Å². The summed E-state index contributed by atoms with van der Waals surface area (Å²) in [5, 5.41) is 8.69. The van der Waals surface area contributed by atoms with Crippen LogP contribution >= 0.6 is 0 Å². The molecular weight excluding hydrogens is 520 g/mol. The Morgan fingerprint density at radius 3 is 2.42 bits per heavy atom. The monoisotopic (exact) mass is 545 g/mol. The van der Waals surface area contributed by atoms with Crippen LogP contribution in [0.15, 0.2) is 42.0 Å². The average molecular weight is 545 g/mol. The van der Waals surface area contributed by atoms with Gasteiger partial charge in [-0.3, -0.25) is 4.90 Å². The van der Waals surface area contributed by atoms with Gasteiger partial charge >= 0.3 is 18.5 Å². The summed E-state index contributed by atoms with van der Waals surface area (Å²) in [6.07, 6.45) is -9.70. The molecule has 4 rings (SSSR count). The van der Waals surface area contributed by atoms with Crippen LogP contribution in [0.2, 0.25) is 0 Å². The highest BCUT2D eigenvalue weighted by Gasteiger charge is 2.36. The van der Waals surface area contributed by atoms with Crippen LogP contribution in [0.4, 0.5) is 31.1 Å². The average Bonchev–Trinajstić information content (AvgIpc) is 2.80. The van der Waals surface area contributed by atoms with Crippen LogP contribution in [-0.4, -0.2) is 54.7 Å². The number of hydrogen-bond acceptors (Lipinski definition) is 5. The molecule has 206 valence electrons. The zero-order chi connectivity index (χ0) is 27.7. The minimum Gasteiger partial charge on any atom is -0.489 e. The SMILES string of the molecule is CC1=C(CN2CC(OC(=O)O)C2)CCc2cc(OCc3ccc(OCC(F)(F)F)c(C(F)(F)F)c3)ccc21. The molecule has 0 bridgehead atoms. The number of benzene rings is 2. The van der Waals surface area contributed by atoms with E-state index < -0.39 is 36.4 Å². The minimum absolute atomic E-state index is 0.132. The summed E-state index contributed by atoms with van der Waals surface area (Å²) < 4.78 is 92.2. The van der Waals surface area contributed by atoms with Crippen LogP contribution in [0.1, 0.15) is 35.6 Å². The van der Waals surface area contributed by atoms with E-state index in [4.69, 9.17) is 14.6 Å². The Hall–Kier alpha value is -3.41. The number of ether oxygens (including phenoxy) is 3. The molecular formula is C26H25F6NO5. The summed E-state index contributed by atoms with van der Waals surface area (Å²) in [5.41, 5.74) is 3.27. The van der Waals surface area contributed by atoms with Gasteiger partial charge in [-0.2, -0.15) is 26.3 Å². The Kier molecular flexibility index (Phi) is 7.82. The van der Waals surface area contributed by atoms with Crippen molar-refractivity contribution < 1.29 is 50.5 Å². The molecule has 1 aliphatic carbocycles. The van der Waals surface area contributed by atoms with Gasteiger partial charge in [-0.05, 0) is 66.3 Å². The number of likely N-dealkylation sites (tertiary alicyclic amines) is 1. The summed E-state index contributed by atoms with van der Waals surface area (Å²) in [7, 11) is 0. The molecule has 2 aromatic carbocycles. The van der Waals surface area contributed by atoms with E-state index in [9.17, 15) is 31.1 Å². The predicted octanol–water partition coefficient (Wildman–Crippen LogP) is 6.32. The van der Waals surface area contributed by atoms with Crippen LogP contribution in [0.25, 0.3) is 5.57 Å². The van der Waals surface area contributed by atoms with Gasteiger partial charge in [0.05, 0.1) is 5.56 Å². The Balaban J connectivity index is 1.40. The molecule has 0 atom stereocenters. The number of fused-ring (bicyclic) bond motifs is 1. The summed E-state index contributed by atoms with van der Waals surface area (Å²) in [6.45, 7) is 1.79. The van der Waals surface area contributed by atoms with E-state index in [0.717, 1.165) is 41.7 Å². The van der Waals surface area contributed by atoms with Crippen molar-refractivity contribution in [2.75, 3.05) is 26.2 Å². The summed E-state index contributed by atoms with van der Waals surface area (Å²) >= 11 is 0. The fourth-order valence-electron chi connectivity index (χ4n) is 4.57. The van der Waals surface area contributed by atoms with E-state index in [2.05, 4.69) is 9.64 Å². The Morgan fingerprint density at radius 1 is 1.03 bits per heavy atom. The highest BCUT2D eigenvalue weighted by Crippen LogP contribution is 2.38. The number of carbonyl (C=O) groups is 1. The molecule has 12 heteroatoms. The predicted molar refractivity (Wildman–Crippen MR) is 124 cm³/mol. The molecule has 2 aliphatic rings. The van der Waals surface area contributed by atoms with Crippen LogP contribution in [0, 0.1) is 0 Å². The quantitative estimate of drug-likeness (QED) is 0.309. The van der Waals surface area contributed by atoms with Gasteiger partial charge in [0.2, 0.25) is 0 Å². The first kappa shape index (κ1) is 27.6. The second kappa shape index (κ2) is 10.8. The molecule has 0 spiro atoms. The van der Waals surface area contributed by atoms with Gasteiger partial charge in [-0.1, -0.05) is 17.7 Å².